The smallest absolute Gasteiger partial charge is 0.137 e. The first-order valence-electron chi connectivity index (χ1n) is 6.47. The maximum atomic E-state index is 6.09. The van der Waals surface area contributed by atoms with Crippen LogP contribution in [0.3, 0.4) is 0 Å². The molecule has 1 aliphatic carbocycles. The van der Waals surface area contributed by atoms with Crippen molar-refractivity contribution in [2.75, 3.05) is 5.32 Å². The Morgan fingerprint density at radius 2 is 1.89 bits per heavy atom. The molecule has 98 valence electrons. The van der Waals surface area contributed by atoms with E-state index in [1.807, 2.05) is 19.9 Å². The Bertz CT molecular complexity index is 598. The van der Waals surface area contributed by atoms with Gasteiger partial charge >= 0.3 is 0 Å². The molecule has 19 heavy (non-hydrogen) atoms. The predicted molar refractivity (Wildman–Crippen MR) is 77.7 cm³/mol. The summed E-state index contributed by atoms with van der Waals surface area (Å²) in [5.41, 5.74) is 2.31. The minimum atomic E-state index is 0.450. The Labute approximate surface area is 118 Å². The molecular weight excluding hydrogens is 258 g/mol. The van der Waals surface area contributed by atoms with Crippen LogP contribution in [0.5, 0.6) is 0 Å². The Morgan fingerprint density at radius 1 is 1.16 bits per heavy atom. The van der Waals surface area contributed by atoms with Crippen LogP contribution in [0.4, 0.5) is 5.82 Å². The highest BCUT2D eigenvalue weighted by Crippen LogP contribution is 2.43. The standard InChI is InChI=1S/C15H16ClN3/c1-9-14(16)17-10(2)18-15(9)19-13-8-12(13)11-6-4-3-5-7-11/h3-7,12-13H,8H2,1-2H3,(H,17,18,19). The van der Waals surface area contributed by atoms with E-state index in [2.05, 4.69) is 39.6 Å². The van der Waals surface area contributed by atoms with Gasteiger partial charge in [0, 0.05) is 17.5 Å². The molecule has 1 aromatic carbocycles. The highest BCUT2D eigenvalue weighted by molar-refractivity contribution is 6.30. The number of benzene rings is 1. The Balaban J connectivity index is 1.75. The van der Waals surface area contributed by atoms with Gasteiger partial charge in [0.25, 0.3) is 0 Å². The van der Waals surface area contributed by atoms with E-state index in [1.54, 1.807) is 0 Å². The molecular formula is C15H16ClN3. The van der Waals surface area contributed by atoms with E-state index in [9.17, 15) is 0 Å². The van der Waals surface area contributed by atoms with E-state index in [0.29, 0.717) is 22.9 Å². The quantitative estimate of drug-likeness (QED) is 0.866. The molecule has 1 aliphatic rings. The molecule has 2 unspecified atom stereocenters. The number of aryl methyl sites for hydroxylation is 1. The third-order valence-corrected chi connectivity index (χ3v) is 3.91. The molecule has 3 rings (SSSR count). The van der Waals surface area contributed by atoms with Gasteiger partial charge < -0.3 is 5.32 Å². The molecule has 1 fully saturated rings. The van der Waals surface area contributed by atoms with Crippen molar-refractivity contribution in [3.8, 4) is 0 Å². The molecule has 4 heteroatoms. The van der Waals surface area contributed by atoms with Crippen molar-refractivity contribution in [2.45, 2.75) is 32.2 Å². The third kappa shape index (κ3) is 2.56. The zero-order valence-corrected chi connectivity index (χ0v) is 11.8. The van der Waals surface area contributed by atoms with Gasteiger partial charge in [-0.3, -0.25) is 0 Å². The minimum absolute atomic E-state index is 0.450. The number of rotatable bonds is 3. The summed E-state index contributed by atoms with van der Waals surface area (Å²) in [6.45, 7) is 3.81. The SMILES string of the molecule is Cc1nc(Cl)c(C)c(NC2CC2c2ccccc2)n1. The van der Waals surface area contributed by atoms with E-state index in [0.717, 1.165) is 17.8 Å². The van der Waals surface area contributed by atoms with Crippen molar-refractivity contribution in [3.63, 3.8) is 0 Å². The van der Waals surface area contributed by atoms with Crippen LogP contribution in [-0.4, -0.2) is 16.0 Å². The van der Waals surface area contributed by atoms with Crippen molar-refractivity contribution in [1.29, 1.82) is 0 Å². The fourth-order valence-electron chi connectivity index (χ4n) is 2.33. The van der Waals surface area contributed by atoms with E-state index >= 15 is 0 Å². The third-order valence-electron chi connectivity index (χ3n) is 3.54. The lowest BCUT2D eigenvalue weighted by molar-refractivity contribution is 0.981. The second-order valence-electron chi connectivity index (χ2n) is 5.04. The molecule has 1 N–H and O–H groups in total. The van der Waals surface area contributed by atoms with Crippen LogP contribution in [0.2, 0.25) is 5.15 Å². The highest BCUT2D eigenvalue weighted by atomic mass is 35.5. The monoisotopic (exact) mass is 273 g/mol. The maximum absolute atomic E-state index is 6.09. The number of anilines is 1. The van der Waals surface area contributed by atoms with Gasteiger partial charge in [-0.25, -0.2) is 9.97 Å². The summed E-state index contributed by atoms with van der Waals surface area (Å²) in [5, 5.41) is 4.01. The molecule has 0 bridgehead atoms. The summed E-state index contributed by atoms with van der Waals surface area (Å²) in [4.78, 5) is 8.59. The Morgan fingerprint density at radius 3 is 2.63 bits per heavy atom. The molecule has 2 aromatic rings. The lowest BCUT2D eigenvalue weighted by atomic mass is 10.1. The van der Waals surface area contributed by atoms with E-state index in [-0.39, 0.29) is 0 Å². The van der Waals surface area contributed by atoms with Gasteiger partial charge in [-0.2, -0.15) is 0 Å². The fourth-order valence-corrected chi connectivity index (χ4v) is 2.55. The number of aromatic nitrogens is 2. The largest absolute Gasteiger partial charge is 0.366 e. The zero-order chi connectivity index (χ0) is 13.4. The van der Waals surface area contributed by atoms with E-state index in [4.69, 9.17) is 11.6 Å². The topological polar surface area (TPSA) is 37.8 Å². The van der Waals surface area contributed by atoms with Crippen molar-refractivity contribution in [1.82, 2.24) is 9.97 Å². The molecule has 0 radical (unpaired) electrons. The fraction of sp³-hybridized carbons (Fsp3) is 0.333. The van der Waals surface area contributed by atoms with Crippen LogP contribution in [0.1, 0.15) is 29.3 Å². The molecule has 0 amide bonds. The van der Waals surface area contributed by atoms with Gasteiger partial charge in [-0.15, -0.1) is 0 Å². The van der Waals surface area contributed by atoms with Crippen LogP contribution in [-0.2, 0) is 0 Å². The van der Waals surface area contributed by atoms with Gasteiger partial charge in [0.05, 0.1) is 0 Å². The summed E-state index contributed by atoms with van der Waals surface area (Å²) < 4.78 is 0. The van der Waals surface area contributed by atoms with Gasteiger partial charge in [0.1, 0.15) is 16.8 Å². The van der Waals surface area contributed by atoms with Gasteiger partial charge in [-0.05, 0) is 25.8 Å². The van der Waals surface area contributed by atoms with Crippen molar-refractivity contribution < 1.29 is 0 Å². The number of hydrogen-bond donors (Lipinski definition) is 1. The lowest BCUT2D eigenvalue weighted by Crippen LogP contribution is -2.09. The first-order valence-corrected chi connectivity index (χ1v) is 6.85. The van der Waals surface area contributed by atoms with E-state index < -0.39 is 0 Å². The molecule has 1 saturated carbocycles. The summed E-state index contributed by atoms with van der Waals surface area (Å²) in [6, 6.07) is 11.0. The maximum Gasteiger partial charge on any atom is 0.137 e. The van der Waals surface area contributed by atoms with Crippen LogP contribution < -0.4 is 5.32 Å². The molecule has 0 aliphatic heterocycles. The molecule has 0 spiro atoms. The summed E-state index contributed by atoms with van der Waals surface area (Å²) in [6.07, 6.45) is 1.14. The summed E-state index contributed by atoms with van der Waals surface area (Å²) in [5.74, 6) is 2.14. The molecule has 2 atom stereocenters. The minimum Gasteiger partial charge on any atom is -0.366 e. The van der Waals surface area contributed by atoms with Crippen molar-refractivity contribution in [3.05, 3.63) is 52.4 Å². The van der Waals surface area contributed by atoms with Crippen LogP contribution in [0.25, 0.3) is 0 Å². The van der Waals surface area contributed by atoms with Gasteiger partial charge in [0.2, 0.25) is 0 Å². The molecule has 1 aromatic heterocycles. The van der Waals surface area contributed by atoms with Crippen LogP contribution in [0, 0.1) is 13.8 Å². The lowest BCUT2D eigenvalue weighted by Gasteiger charge is -2.10. The zero-order valence-electron chi connectivity index (χ0n) is 11.0. The average Bonchev–Trinajstić information content (AvgIpc) is 3.16. The van der Waals surface area contributed by atoms with Crippen LogP contribution >= 0.6 is 11.6 Å². The molecule has 1 heterocycles. The predicted octanol–water partition coefficient (Wildman–Crippen LogP) is 3.71. The number of nitrogens with one attached hydrogen (secondary N) is 1. The second kappa shape index (κ2) is 4.82. The first-order chi connectivity index (χ1) is 9.15. The highest BCUT2D eigenvalue weighted by Gasteiger charge is 2.38. The van der Waals surface area contributed by atoms with Crippen molar-refractivity contribution >= 4 is 17.4 Å². The first kappa shape index (κ1) is 12.4. The summed E-state index contributed by atoms with van der Waals surface area (Å²) in [7, 11) is 0. The second-order valence-corrected chi connectivity index (χ2v) is 5.40. The Hall–Kier alpha value is -1.61. The number of nitrogens with zero attached hydrogens (tertiary/aromatic N) is 2. The van der Waals surface area contributed by atoms with E-state index in [1.165, 1.54) is 5.56 Å². The normalized spacial score (nSPS) is 21.2. The summed E-state index contributed by atoms with van der Waals surface area (Å²) >= 11 is 6.09. The van der Waals surface area contributed by atoms with Gasteiger partial charge in [0.15, 0.2) is 0 Å². The molecule has 0 saturated heterocycles. The average molecular weight is 274 g/mol. The number of halogens is 1. The molecule has 3 nitrogen and oxygen atoms in total. The van der Waals surface area contributed by atoms with Crippen molar-refractivity contribution in [2.24, 2.45) is 0 Å². The number of hydrogen-bond acceptors (Lipinski definition) is 3. The van der Waals surface area contributed by atoms with Crippen LogP contribution in [0.15, 0.2) is 30.3 Å². The van der Waals surface area contributed by atoms with Gasteiger partial charge in [-0.1, -0.05) is 41.9 Å². The Kier molecular flexibility index (Phi) is 3.15.